The summed E-state index contributed by atoms with van der Waals surface area (Å²) in [6.07, 6.45) is 0.329. The second-order valence-corrected chi connectivity index (χ2v) is 5.09. The number of nitrogens with one attached hydrogen (secondary N) is 1. The number of nitrogens with two attached hydrogens (primary N) is 1. The number of thioether (sulfide) groups is 1. The number of ether oxygens (including phenoxy) is 1. The summed E-state index contributed by atoms with van der Waals surface area (Å²) in [5.74, 6) is 0.998. The Labute approximate surface area is 101 Å². The Bertz CT molecular complexity index is 351. The van der Waals surface area contributed by atoms with Gasteiger partial charge in [-0.15, -0.1) is 11.8 Å². The summed E-state index contributed by atoms with van der Waals surface area (Å²) in [6, 6.07) is 6.06. The normalized spacial score (nSPS) is 20.9. The molecular weight excluding hydrogens is 220 g/mol. The van der Waals surface area contributed by atoms with Crippen LogP contribution in [0.1, 0.15) is 5.56 Å². The topological polar surface area (TPSA) is 47.3 Å². The molecule has 0 aromatic heterocycles. The fraction of sp³-hybridized carbons (Fsp3) is 0.500. The van der Waals surface area contributed by atoms with Gasteiger partial charge in [-0.1, -0.05) is 0 Å². The van der Waals surface area contributed by atoms with Crippen LogP contribution in [0.2, 0.25) is 0 Å². The Kier molecular flexibility index (Phi) is 4.09. The Morgan fingerprint density at radius 1 is 1.56 bits per heavy atom. The number of hydrogen-bond acceptors (Lipinski definition) is 4. The van der Waals surface area contributed by atoms with Crippen molar-refractivity contribution in [1.29, 1.82) is 0 Å². The summed E-state index contributed by atoms with van der Waals surface area (Å²) in [4.78, 5) is 1.29. The average molecular weight is 238 g/mol. The number of morpholine rings is 1. The lowest BCUT2D eigenvalue weighted by molar-refractivity contribution is 0.0441. The lowest BCUT2D eigenvalue weighted by atomic mass is 10.2. The minimum absolute atomic E-state index is 0.329. The third kappa shape index (κ3) is 3.14. The number of anilines is 1. The van der Waals surface area contributed by atoms with Gasteiger partial charge in [-0.25, -0.2) is 0 Å². The van der Waals surface area contributed by atoms with E-state index in [1.54, 1.807) is 0 Å². The Morgan fingerprint density at radius 2 is 2.44 bits per heavy atom. The lowest BCUT2D eigenvalue weighted by Gasteiger charge is -2.23. The molecule has 0 radical (unpaired) electrons. The van der Waals surface area contributed by atoms with Gasteiger partial charge < -0.3 is 15.8 Å². The van der Waals surface area contributed by atoms with Gasteiger partial charge in [-0.2, -0.15) is 0 Å². The number of nitrogen functional groups attached to an aromatic ring is 1. The molecular formula is C12H18N2OS. The summed E-state index contributed by atoms with van der Waals surface area (Å²) in [5.41, 5.74) is 7.80. The van der Waals surface area contributed by atoms with Gasteiger partial charge in [0.1, 0.15) is 0 Å². The molecule has 2 rings (SSSR count). The van der Waals surface area contributed by atoms with Gasteiger partial charge in [0.2, 0.25) is 0 Å². The highest BCUT2D eigenvalue weighted by atomic mass is 32.2. The van der Waals surface area contributed by atoms with Crippen molar-refractivity contribution in [3.63, 3.8) is 0 Å². The number of hydrogen-bond donors (Lipinski definition) is 2. The van der Waals surface area contributed by atoms with E-state index in [2.05, 4.69) is 18.3 Å². The second kappa shape index (κ2) is 5.57. The maximum Gasteiger partial charge on any atom is 0.0793 e. The van der Waals surface area contributed by atoms with Crippen molar-refractivity contribution in [3.05, 3.63) is 23.8 Å². The maximum absolute atomic E-state index is 5.72. The number of aryl methyl sites for hydroxylation is 1. The maximum atomic E-state index is 5.72. The van der Waals surface area contributed by atoms with Gasteiger partial charge in [-0.05, 0) is 30.7 Å². The second-order valence-electron chi connectivity index (χ2n) is 4.03. The molecule has 4 heteroatoms. The highest BCUT2D eigenvalue weighted by molar-refractivity contribution is 7.99. The summed E-state index contributed by atoms with van der Waals surface area (Å²) in [6.45, 7) is 4.85. The predicted molar refractivity (Wildman–Crippen MR) is 68.9 cm³/mol. The highest BCUT2D eigenvalue weighted by Gasteiger charge is 2.13. The zero-order valence-corrected chi connectivity index (χ0v) is 10.3. The molecule has 3 nitrogen and oxygen atoms in total. The third-order valence-electron chi connectivity index (χ3n) is 2.63. The average Bonchev–Trinajstić information content (AvgIpc) is 2.29. The van der Waals surface area contributed by atoms with E-state index in [0.717, 1.165) is 31.1 Å². The molecule has 1 aromatic carbocycles. The van der Waals surface area contributed by atoms with Crippen molar-refractivity contribution in [2.45, 2.75) is 17.9 Å². The van der Waals surface area contributed by atoms with Gasteiger partial charge in [0.15, 0.2) is 0 Å². The van der Waals surface area contributed by atoms with E-state index >= 15 is 0 Å². The van der Waals surface area contributed by atoms with Crippen LogP contribution < -0.4 is 11.1 Å². The highest BCUT2D eigenvalue weighted by Crippen LogP contribution is 2.25. The molecule has 1 atom stereocenters. The van der Waals surface area contributed by atoms with E-state index in [0.29, 0.717) is 6.10 Å². The smallest absolute Gasteiger partial charge is 0.0793 e. The fourth-order valence-corrected chi connectivity index (χ4v) is 2.77. The van der Waals surface area contributed by atoms with E-state index < -0.39 is 0 Å². The van der Waals surface area contributed by atoms with Crippen molar-refractivity contribution in [3.8, 4) is 0 Å². The quantitative estimate of drug-likeness (QED) is 0.621. The molecule has 1 fully saturated rings. The van der Waals surface area contributed by atoms with Crippen LogP contribution in [-0.2, 0) is 4.74 Å². The zero-order valence-electron chi connectivity index (χ0n) is 9.53. The zero-order chi connectivity index (χ0) is 11.4. The van der Waals surface area contributed by atoms with Crippen LogP contribution >= 0.6 is 11.8 Å². The van der Waals surface area contributed by atoms with Gasteiger partial charge >= 0.3 is 0 Å². The summed E-state index contributed by atoms with van der Waals surface area (Å²) in [5, 5.41) is 3.34. The molecule has 0 saturated carbocycles. The SMILES string of the molecule is Cc1cc(N)ccc1SCC1CNCCO1. The molecule has 0 amide bonds. The number of rotatable bonds is 3. The Hall–Kier alpha value is -0.710. The van der Waals surface area contributed by atoms with E-state index in [9.17, 15) is 0 Å². The first-order chi connectivity index (χ1) is 7.75. The molecule has 88 valence electrons. The van der Waals surface area contributed by atoms with Crippen molar-refractivity contribution in [1.82, 2.24) is 5.32 Å². The molecule has 3 N–H and O–H groups in total. The molecule has 16 heavy (non-hydrogen) atoms. The van der Waals surface area contributed by atoms with Gasteiger partial charge in [0.05, 0.1) is 12.7 Å². The summed E-state index contributed by atoms with van der Waals surface area (Å²) in [7, 11) is 0. The van der Waals surface area contributed by atoms with E-state index in [4.69, 9.17) is 10.5 Å². The van der Waals surface area contributed by atoms with Crippen LogP contribution in [0.25, 0.3) is 0 Å². The van der Waals surface area contributed by atoms with Crippen LogP contribution in [0.3, 0.4) is 0 Å². The van der Waals surface area contributed by atoms with E-state index in [-0.39, 0.29) is 0 Å². The lowest BCUT2D eigenvalue weighted by Crippen LogP contribution is -2.39. The Morgan fingerprint density at radius 3 is 3.12 bits per heavy atom. The first-order valence-electron chi connectivity index (χ1n) is 5.57. The molecule has 0 bridgehead atoms. The van der Waals surface area contributed by atoms with Crippen LogP contribution in [-0.4, -0.2) is 31.6 Å². The van der Waals surface area contributed by atoms with Gasteiger partial charge in [0.25, 0.3) is 0 Å². The molecule has 1 saturated heterocycles. The third-order valence-corrected chi connectivity index (χ3v) is 3.94. The van der Waals surface area contributed by atoms with Crippen molar-refractivity contribution >= 4 is 17.4 Å². The fourth-order valence-electron chi connectivity index (χ4n) is 1.74. The van der Waals surface area contributed by atoms with Gasteiger partial charge in [-0.3, -0.25) is 0 Å². The standard InChI is InChI=1S/C12H18N2OS/c1-9-6-10(13)2-3-12(9)16-8-11-7-14-4-5-15-11/h2-3,6,11,14H,4-5,7-8,13H2,1H3. The summed E-state index contributed by atoms with van der Waals surface area (Å²) >= 11 is 1.84. The van der Waals surface area contributed by atoms with Crippen molar-refractivity contribution < 1.29 is 4.74 Å². The number of benzene rings is 1. The molecule has 1 aliphatic rings. The van der Waals surface area contributed by atoms with Crippen LogP contribution in [0, 0.1) is 6.92 Å². The molecule has 1 aliphatic heterocycles. The minimum Gasteiger partial charge on any atom is -0.399 e. The van der Waals surface area contributed by atoms with Crippen LogP contribution in [0.5, 0.6) is 0 Å². The van der Waals surface area contributed by atoms with Gasteiger partial charge in [0, 0.05) is 29.4 Å². The predicted octanol–water partition coefficient (Wildman–Crippen LogP) is 1.66. The largest absolute Gasteiger partial charge is 0.399 e. The molecule has 1 heterocycles. The first kappa shape index (κ1) is 11.8. The minimum atomic E-state index is 0.329. The van der Waals surface area contributed by atoms with E-state index in [1.165, 1.54) is 10.5 Å². The summed E-state index contributed by atoms with van der Waals surface area (Å²) < 4.78 is 5.66. The van der Waals surface area contributed by atoms with Crippen molar-refractivity contribution in [2.75, 3.05) is 31.2 Å². The van der Waals surface area contributed by atoms with Crippen LogP contribution in [0.15, 0.2) is 23.1 Å². The monoisotopic (exact) mass is 238 g/mol. The van der Waals surface area contributed by atoms with Crippen LogP contribution in [0.4, 0.5) is 5.69 Å². The first-order valence-corrected chi connectivity index (χ1v) is 6.55. The molecule has 0 spiro atoms. The molecule has 1 aromatic rings. The molecule has 0 aliphatic carbocycles. The van der Waals surface area contributed by atoms with E-state index in [1.807, 2.05) is 23.9 Å². The van der Waals surface area contributed by atoms with Crippen molar-refractivity contribution in [2.24, 2.45) is 0 Å². The Balaban J connectivity index is 1.88. The molecule has 1 unspecified atom stereocenters.